The Morgan fingerprint density at radius 2 is 2.00 bits per heavy atom. The first-order valence-electron chi connectivity index (χ1n) is 9.81. The van der Waals surface area contributed by atoms with E-state index in [0.717, 1.165) is 19.6 Å². The molecule has 1 N–H and O–H groups in total. The highest BCUT2D eigenvalue weighted by molar-refractivity contribution is 5.82. The van der Waals surface area contributed by atoms with Crippen LogP contribution >= 0.6 is 0 Å². The quantitative estimate of drug-likeness (QED) is 0.810. The van der Waals surface area contributed by atoms with Crippen LogP contribution in [-0.4, -0.2) is 64.4 Å². The zero-order valence-corrected chi connectivity index (χ0v) is 16.3. The Balaban J connectivity index is 1.38. The summed E-state index contributed by atoms with van der Waals surface area (Å²) in [6.07, 6.45) is 5.78. The minimum absolute atomic E-state index is 0.0705. The van der Waals surface area contributed by atoms with Gasteiger partial charge >= 0.3 is 0 Å². The molecule has 2 fully saturated rings. The molecular weight excluding hydrogens is 354 g/mol. The second-order valence-electron chi connectivity index (χ2n) is 7.98. The van der Waals surface area contributed by atoms with Crippen LogP contribution in [0.4, 0.5) is 0 Å². The molecule has 2 saturated heterocycles. The Morgan fingerprint density at radius 1 is 1.21 bits per heavy atom. The largest absolute Gasteiger partial charge is 0.359 e. The number of hydrogen-bond acceptors (Lipinski definition) is 4. The first kappa shape index (κ1) is 18.7. The summed E-state index contributed by atoms with van der Waals surface area (Å²) in [5, 5.41) is 2.82. The number of rotatable bonds is 6. The summed E-state index contributed by atoms with van der Waals surface area (Å²) in [5.41, 5.74) is 1.13. The molecule has 2 aromatic rings. The van der Waals surface area contributed by atoms with E-state index < -0.39 is 0 Å². The van der Waals surface area contributed by atoms with E-state index in [9.17, 15) is 9.59 Å². The van der Waals surface area contributed by atoms with Gasteiger partial charge in [0.25, 0.3) is 0 Å². The second-order valence-corrected chi connectivity index (χ2v) is 7.98. The van der Waals surface area contributed by atoms with Crippen molar-refractivity contribution in [2.75, 3.05) is 33.2 Å². The highest BCUT2D eigenvalue weighted by Crippen LogP contribution is 2.44. The van der Waals surface area contributed by atoms with Crippen molar-refractivity contribution in [2.24, 2.45) is 11.3 Å². The predicted octanol–water partition coefficient (Wildman–Crippen LogP) is 0.980. The lowest BCUT2D eigenvalue weighted by molar-refractivity contribution is -0.149. The number of carbonyl (C=O) groups excluding carboxylic acids is 2. The van der Waals surface area contributed by atoms with Gasteiger partial charge in [0, 0.05) is 70.5 Å². The molecule has 7 nitrogen and oxygen atoms in total. The fraction of sp³-hybridized carbons (Fsp3) is 0.476. The molecule has 28 heavy (non-hydrogen) atoms. The van der Waals surface area contributed by atoms with Gasteiger partial charge in [-0.05, 0) is 5.56 Å². The van der Waals surface area contributed by atoms with E-state index in [-0.39, 0.29) is 23.1 Å². The zero-order valence-electron chi connectivity index (χ0n) is 16.3. The normalized spacial score (nSPS) is 20.9. The number of likely N-dealkylation sites (tertiary alicyclic amines) is 2. The molecule has 2 amide bonds. The number of imidazole rings is 1. The highest BCUT2D eigenvalue weighted by atomic mass is 16.2. The van der Waals surface area contributed by atoms with Gasteiger partial charge in [-0.25, -0.2) is 4.98 Å². The third-order valence-electron chi connectivity index (χ3n) is 6.04. The van der Waals surface area contributed by atoms with Gasteiger partial charge in [0.2, 0.25) is 11.8 Å². The zero-order chi connectivity index (χ0) is 19.6. The molecule has 1 unspecified atom stereocenters. The third-order valence-corrected chi connectivity index (χ3v) is 6.04. The molecule has 1 spiro atoms. The Labute approximate surface area is 165 Å². The lowest BCUT2D eigenvalue weighted by atomic mass is 9.71. The number of aromatic nitrogens is 2. The average molecular weight is 381 g/mol. The maximum Gasteiger partial charge on any atom is 0.224 e. The van der Waals surface area contributed by atoms with Gasteiger partial charge in [0.05, 0.1) is 12.2 Å². The minimum atomic E-state index is -0.125. The molecule has 0 bridgehead atoms. The fourth-order valence-corrected chi connectivity index (χ4v) is 4.58. The highest BCUT2D eigenvalue weighted by Gasteiger charge is 2.57. The summed E-state index contributed by atoms with van der Waals surface area (Å²) in [6.45, 7) is 4.40. The SMILES string of the molecule is CNC(=O)C1CN(Cc2ccccc2)CC12CN(C(=O)CCn1ccnc1)C2. The monoisotopic (exact) mass is 381 g/mol. The predicted molar refractivity (Wildman–Crippen MR) is 105 cm³/mol. The van der Waals surface area contributed by atoms with Crippen LogP contribution in [0.25, 0.3) is 0 Å². The van der Waals surface area contributed by atoms with Crippen LogP contribution in [0.5, 0.6) is 0 Å². The number of amides is 2. The summed E-state index contributed by atoms with van der Waals surface area (Å²) in [7, 11) is 1.70. The van der Waals surface area contributed by atoms with Gasteiger partial charge in [-0.3, -0.25) is 14.5 Å². The molecule has 0 aliphatic carbocycles. The van der Waals surface area contributed by atoms with Crippen LogP contribution < -0.4 is 5.32 Å². The number of benzene rings is 1. The molecule has 1 aromatic carbocycles. The van der Waals surface area contributed by atoms with Crippen molar-refractivity contribution in [3.8, 4) is 0 Å². The van der Waals surface area contributed by atoms with Gasteiger partial charge in [0.15, 0.2) is 0 Å². The van der Waals surface area contributed by atoms with Crippen LogP contribution in [0, 0.1) is 11.3 Å². The molecule has 7 heteroatoms. The topological polar surface area (TPSA) is 70.5 Å². The molecule has 0 radical (unpaired) electrons. The lowest BCUT2D eigenvalue weighted by Crippen LogP contribution is -2.64. The Morgan fingerprint density at radius 3 is 2.68 bits per heavy atom. The fourth-order valence-electron chi connectivity index (χ4n) is 4.58. The molecule has 148 valence electrons. The number of aryl methyl sites for hydroxylation is 1. The second kappa shape index (κ2) is 7.75. The molecule has 3 heterocycles. The summed E-state index contributed by atoms with van der Waals surface area (Å²) in [6, 6.07) is 10.3. The molecular formula is C21H27N5O2. The van der Waals surface area contributed by atoms with E-state index in [1.54, 1.807) is 19.6 Å². The van der Waals surface area contributed by atoms with Crippen molar-refractivity contribution in [3.63, 3.8) is 0 Å². The van der Waals surface area contributed by atoms with Crippen LogP contribution in [0.3, 0.4) is 0 Å². The maximum absolute atomic E-state index is 12.6. The molecule has 1 aromatic heterocycles. The van der Waals surface area contributed by atoms with Crippen molar-refractivity contribution >= 4 is 11.8 Å². The van der Waals surface area contributed by atoms with Crippen molar-refractivity contribution < 1.29 is 9.59 Å². The van der Waals surface area contributed by atoms with Crippen LogP contribution in [0.1, 0.15) is 12.0 Å². The van der Waals surface area contributed by atoms with E-state index in [0.29, 0.717) is 26.1 Å². The molecule has 2 aliphatic rings. The van der Waals surface area contributed by atoms with Crippen molar-refractivity contribution in [3.05, 3.63) is 54.6 Å². The lowest BCUT2D eigenvalue weighted by Gasteiger charge is -2.50. The average Bonchev–Trinajstić information content (AvgIpc) is 3.33. The van der Waals surface area contributed by atoms with Crippen LogP contribution in [0.15, 0.2) is 49.1 Å². The summed E-state index contributed by atoms with van der Waals surface area (Å²) in [5.74, 6) is 0.163. The van der Waals surface area contributed by atoms with Gasteiger partial charge in [-0.2, -0.15) is 0 Å². The summed E-state index contributed by atoms with van der Waals surface area (Å²) >= 11 is 0. The Bertz CT molecular complexity index is 815. The number of hydrogen-bond donors (Lipinski definition) is 1. The Kier molecular flexibility index (Phi) is 5.17. The maximum atomic E-state index is 12.6. The van der Waals surface area contributed by atoms with Gasteiger partial charge < -0.3 is 14.8 Å². The third kappa shape index (κ3) is 3.67. The van der Waals surface area contributed by atoms with Crippen LogP contribution in [0.2, 0.25) is 0 Å². The Hall–Kier alpha value is -2.67. The molecule has 1 atom stereocenters. The van der Waals surface area contributed by atoms with Crippen molar-refractivity contribution in [1.29, 1.82) is 0 Å². The summed E-state index contributed by atoms with van der Waals surface area (Å²) < 4.78 is 1.91. The minimum Gasteiger partial charge on any atom is -0.359 e. The van der Waals surface area contributed by atoms with Gasteiger partial charge in [-0.1, -0.05) is 30.3 Å². The molecule has 4 rings (SSSR count). The smallest absolute Gasteiger partial charge is 0.224 e. The first-order valence-corrected chi connectivity index (χ1v) is 9.81. The van der Waals surface area contributed by atoms with E-state index in [2.05, 4.69) is 27.3 Å². The van der Waals surface area contributed by atoms with E-state index >= 15 is 0 Å². The van der Waals surface area contributed by atoms with Crippen LogP contribution in [-0.2, 0) is 22.7 Å². The van der Waals surface area contributed by atoms with Gasteiger partial charge in [0.1, 0.15) is 0 Å². The summed E-state index contributed by atoms with van der Waals surface area (Å²) in [4.78, 5) is 33.3. The van der Waals surface area contributed by atoms with E-state index in [1.165, 1.54) is 5.56 Å². The molecule has 2 aliphatic heterocycles. The number of carbonyl (C=O) groups is 2. The first-order chi connectivity index (χ1) is 13.6. The van der Waals surface area contributed by atoms with E-state index in [1.807, 2.05) is 33.9 Å². The number of nitrogens with zero attached hydrogens (tertiary/aromatic N) is 4. The van der Waals surface area contributed by atoms with E-state index in [4.69, 9.17) is 0 Å². The van der Waals surface area contributed by atoms with Gasteiger partial charge in [-0.15, -0.1) is 0 Å². The molecule has 0 saturated carbocycles. The van der Waals surface area contributed by atoms with Crippen molar-refractivity contribution in [1.82, 2.24) is 24.7 Å². The number of nitrogens with one attached hydrogen (secondary N) is 1. The van der Waals surface area contributed by atoms with Crippen molar-refractivity contribution in [2.45, 2.75) is 19.5 Å². The standard InChI is InChI=1S/C21H27N5O2/c1-22-20(28)18-12-25(11-17-5-3-2-4-6-17)13-21(18)14-26(15-21)19(27)7-9-24-10-8-23-16-24/h2-6,8,10,16,18H,7,9,11-15H2,1H3,(H,22,28).